The molecule has 2 rings (SSSR count). The lowest BCUT2D eigenvalue weighted by Crippen LogP contribution is -2.42. The summed E-state index contributed by atoms with van der Waals surface area (Å²) in [6.45, 7) is 2.90. The van der Waals surface area contributed by atoms with Crippen LogP contribution in [0, 0.1) is 6.92 Å². The van der Waals surface area contributed by atoms with Crippen LogP contribution in [-0.2, 0) is 18.3 Å². The van der Waals surface area contributed by atoms with Gasteiger partial charge in [-0.1, -0.05) is 0 Å². The maximum atomic E-state index is 13.0. The maximum absolute atomic E-state index is 13.0. The molecule has 1 atom stereocenters. The molecule has 0 aliphatic carbocycles. The van der Waals surface area contributed by atoms with Gasteiger partial charge in [0.25, 0.3) is 5.91 Å². The molecule has 0 saturated carbocycles. The number of aromatic nitrogens is 3. The standard InChI is InChI=1S/C19H21F5N4O3/c1-10-5-13(7-14(25-10)6-11(2)29)12(3)26-17(30)15-8-16(28(4)27-15)31-9-18(20,21)19(22,23)24/h5,7-8,12H,6,9H2,1-4H3,(H,26,30). The van der Waals surface area contributed by atoms with Crippen LogP contribution in [0.5, 0.6) is 5.88 Å². The fourth-order valence-corrected chi connectivity index (χ4v) is 2.66. The Morgan fingerprint density at radius 3 is 2.42 bits per heavy atom. The number of rotatable bonds is 8. The van der Waals surface area contributed by atoms with E-state index in [4.69, 9.17) is 0 Å². The number of amides is 1. The Kier molecular flexibility index (Phi) is 7.02. The fraction of sp³-hybridized carbons (Fsp3) is 0.474. The molecular formula is C19H21F5N4O3. The zero-order valence-corrected chi connectivity index (χ0v) is 17.2. The van der Waals surface area contributed by atoms with Crippen molar-refractivity contribution in [1.82, 2.24) is 20.1 Å². The summed E-state index contributed by atoms with van der Waals surface area (Å²) < 4.78 is 68.3. The fourth-order valence-electron chi connectivity index (χ4n) is 2.66. The number of ketones is 1. The normalized spacial score (nSPS) is 13.1. The van der Waals surface area contributed by atoms with Gasteiger partial charge in [0.1, 0.15) is 5.78 Å². The van der Waals surface area contributed by atoms with Gasteiger partial charge < -0.3 is 10.1 Å². The van der Waals surface area contributed by atoms with E-state index < -0.39 is 36.5 Å². The van der Waals surface area contributed by atoms with Crippen LogP contribution in [0.25, 0.3) is 0 Å². The molecule has 31 heavy (non-hydrogen) atoms. The summed E-state index contributed by atoms with van der Waals surface area (Å²) in [5, 5.41) is 6.44. The Balaban J connectivity index is 2.10. The molecular weight excluding hydrogens is 427 g/mol. The predicted molar refractivity (Wildman–Crippen MR) is 98.9 cm³/mol. The smallest absolute Gasteiger partial charge is 0.456 e. The molecule has 0 fully saturated rings. The second-order valence-corrected chi connectivity index (χ2v) is 7.09. The van der Waals surface area contributed by atoms with Crippen LogP contribution in [0.3, 0.4) is 0 Å². The van der Waals surface area contributed by atoms with Gasteiger partial charge in [0.2, 0.25) is 5.88 Å². The molecule has 0 aliphatic heterocycles. The molecule has 0 bridgehead atoms. The van der Waals surface area contributed by atoms with Gasteiger partial charge in [0, 0.05) is 30.9 Å². The predicted octanol–water partition coefficient (Wildman–Crippen LogP) is 3.32. The molecule has 0 radical (unpaired) electrons. The first kappa shape index (κ1) is 24.2. The second kappa shape index (κ2) is 8.98. The zero-order chi connectivity index (χ0) is 23.6. The van der Waals surface area contributed by atoms with E-state index in [0.717, 1.165) is 10.7 Å². The second-order valence-electron chi connectivity index (χ2n) is 7.09. The van der Waals surface area contributed by atoms with Gasteiger partial charge in [-0.05, 0) is 38.5 Å². The lowest BCUT2D eigenvalue weighted by Gasteiger charge is -2.19. The summed E-state index contributed by atoms with van der Waals surface area (Å²) >= 11 is 0. The zero-order valence-electron chi connectivity index (χ0n) is 17.2. The summed E-state index contributed by atoms with van der Waals surface area (Å²) in [7, 11) is 1.24. The van der Waals surface area contributed by atoms with E-state index >= 15 is 0 Å². The molecule has 2 aromatic heterocycles. The largest absolute Gasteiger partial charge is 0.471 e. The van der Waals surface area contributed by atoms with Crippen molar-refractivity contribution in [3.63, 3.8) is 0 Å². The van der Waals surface area contributed by atoms with Crippen LogP contribution in [0.4, 0.5) is 22.0 Å². The highest BCUT2D eigenvalue weighted by Crippen LogP contribution is 2.35. The first-order valence-electron chi connectivity index (χ1n) is 9.09. The highest BCUT2D eigenvalue weighted by atomic mass is 19.4. The van der Waals surface area contributed by atoms with E-state index in [-0.39, 0.29) is 17.9 Å². The lowest BCUT2D eigenvalue weighted by molar-refractivity contribution is -0.290. The number of hydrogen-bond acceptors (Lipinski definition) is 5. The molecule has 0 saturated heterocycles. The monoisotopic (exact) mass is 448 g/mol. The van der Waals surface area contributed by atoms with Gasteiger partial charge >= 0.3 is 12.1 Å². The molecule has 1 unspecified atom stereocenters. The van der Waals surface area contributed by atoms with Crippen molar-refractivity contribution in [2.24, 2.45) is 7.05 Å². The number of ether oxygens (including phenoxy) is 1. The first-order chi connectivity index (χ1) is 14.2. The third-order valence-electron chi connectivity index (χ3n) is 4.19. The Morgan fingerprint density at radius 1 is 1.19 bits per heavy atom. The van der Waals surface area contributed by atoms with Crippen LogP contribution in [0.1, 0.15) is 47.3 Å². The molecule has 1 amide bonds. The number of alkyl halides is 5. The summed E-state index contributed by atoms with van der Waals surface area (Å²) in [5.74, 6) is -6.24. The van der Waals surface area contributed by atoms with Crippen molar-refractivity contribution in [1.29, 1.82) is 0 Å². The Morgan fingerprint density at radius 2 is 1.84 bits per heavy atom. The van der Waals surface area contributed by atoms with Gasteiger partial charge in [-0.2, -0.15) is 27.1 Å². The molecule has 0 aliphatic rings. The summed E-state index contributed by atoms with van der Waals surface area (Å²) in [6, 6.07) is 3.83. The molecule has 170 valence electrons. The van der Waals surface area contributed by atoms with Crippen LogP contribution >= 0.6 is 0 Å². The third-order valence-corrected chi connectivity index (χ3v) is 4.19. The van der Waals surface area contributed by atoms with Gasteiger partial charge in [-0.15, -0.1) is 0 Å². The SMILES string of the molecule is CC(=O)Cc1cc(C(C)NC(=O)c2cc(OCC(F)(F)C(F)(F)F)n(C)n2)cc(C)n1. The van der Waals surface area contributed by atoms with Crippen molar-refractivity contribution in [2.75, 3.05) is 6.61 Å². The highest BCUT2D eigenvalue weighted by molar-refractivity contribution is 5.92. The molecule has 2 aromatic rings. The third kappa shape index (κ3) is 6.22. The van der Waals surface area contributed by atoms with Gasteiger partial charge in [0.15, 0.2) is 12.3 Å². The first-order valence-corrected chi connectivity index (χ1v) is 9.09. The Hall–Kier alpha value is -3.05. The minimum atomic E-state index is -5.76. The average Bonchev–Trinajstić information content (AvgIpc) is 2.99. The maximum Gasteiger partial charge on any atom is 0.456 e. The summed E-state index contributed by atoms with van der Waals surface area (Å²) in [6.07, 6.45) is -5.62. The number of nitrogens with one attached hydrogen (secondary N) is 1. The number of Topliss-reactive ketones (excluding diaryl/α,β-unsaturated/α-hetero) is 1. The number of hydrogen-bond donors (Lipinski definition) is 1. The van der Waals surface area contributed by atoms with Crippen LogP contribution in [-0.4, -0.2) is 45.2 Å². The van der Waals surface area contributed by atoms with E-state index in [1.54, 1.807) is 26.0 Å². The van der Waals surface area contributed by atoms with Crippen LogP contribution < -0.4 is 10.1 Å². The summed E-state index contributed by atoms with van der Waals surface area (Å²) in [5.41, 5.74) is 1.64. The molecule has 7 nitrogen and oxygen atoms in total. The van der Waals surface area contributed by atoms with E-state index in [0.29, 0.717) is 17.0 Å². The average molecular weight is 448 g/mol. The molecule has 0 spiro atoms. The minimum absolute atomic E-state index is 0.0714. The van der Waals surface area contributed by atoms with Crippen molar-refractivity contribution < 1.29 is 36.3 Å². The van der Waals surface area contributed by atoms with Gasteiger partial charge in [-0.25, -0.2) is 4.68 Å². The van der Waals surface area contributed by atoms with Crippen molar-refractivity contribution in [3.8, 4) is 5.88 Å². The molecule has 0 aromatic carbocycles. The number of carbonyl (C=O) groups is 2. The van der Waals surface area contributed by atoms with Crippen molar-refractivity contribution in [3.05, 3.63) is 40.8 Å². The topological polar surface area (TPSA) is 86.1 Å². The molecule has 12 heteroatoms. The number of pyridine rings is 1. The van der Waals surface area contributed by atoms with Crippen molar-refractivity contribution in [2.45, 2.75) is 45.3 Å². The number of nitrogens with zero attached hydrogens (tertiary/aromatic N) is 3. The number of halogens is 5. The van der Waals surface area contributed by atoms with Gasteiger partial charge in [0.05, 0.1) is 6.04 Å². The Labute approximate surface area is 174 Å². The summed E-state index contributed by atoms with van der Waals surface area (Å²) in [4.78, 5) is 28.1. The molecule has 2 heterocycles. The van der Waals surface area contributed by atoms with Gasteiger partial charge in [-0.3, -0.25) is 14.6 Å². The molecule has 1 N–H and O–H groups in total. The van der Waals surface area contributed by atoms with E-state index in [9.17, 15) is 31.5 Å². The van der Waals surface area contributed by atoms with E-state index in [1.165, 1.54) is 14.0 Å². The van der Waals surface area contributed by atoms with Crippen LogP contribution in [0.2, 0.25) is 0 Å². The Bertz CT molecular complexity index is 972. The number of carbonyl (C=O) groups excluding carboxylic acids is 2. The lowest BCUT2D eigenvalue weighted by atomic mass is 10.1. The van der Waals surface area contributed by atoms with E-state index in [1.807, 2.05) is 0 Å². The van der Waals surface area contributed by atoms with Crippen molar-refractivity contribution >= 4 is 11.7 Å². The quantitative estimate of drug-likeness (QED) is 0.627. The van der Waals surface area contributed by atoms with Crippen LogP contribution in [0.15, 0.2) is 18.2 Å². The minimum Gasteiger partial charge on any atom is -0.471 e. The van der Waals surface area contributed by atoms with E-state index in [2.05, 4.69) is 20.1 Å². The highest BCUT2D eigenvalue weighted by Gasteiger charge is 2.58. The number of aryl methyl sites for hydroxylation is 2.